The van der Waals surface area contributed by atoms with Gasteiger partial charge >= 0.3 is 5.97 Å². The van der Waals surface area contributed by atoms with Crippen LogP contribution in [0, 0.1) is 0 Å². The van der Waals surface area contributed by atoms with Gasteiger partial charge in [0, 0.05) is 16.2 Å². The maximum atomic E-state index is 11.3. The van der Waals surface area contributed by atoms with Crippen LogP contribution in [-0.2, 0) is 4.74 Å². The summed E-state index contributed by atoms with van der Waals surface area (Å²) in [5.41, 5.74) is 1.03. The number of carbonyl (C=O) groups is 1. The molecule has 0 saturated heterocycles. The average Bonchev–Trinajstić information content (AvgIpc) is 2.30. The van der Waals surface area contributed by atoms with Crippen molar-refractivity contribution >= 4 is 53.8 Å². The van der Waals surface area contributed by atoms with Gasteiger partial charge in [-0.2, -0.15) is 0 Å². The third-order valence-corrected chi connectivity index (χ3v) is 2.92. The monoisotopic (exact) mass is 415 g/mol. The molecule has 1 rings (SSSR count). The Labute approximate surface area is 120 Å². The smallest absolute Gasteiger partial charge is 0.357 e. The standard InChI is InChI=1S/C8H6Br3NO2.C2H6/c1-14-8(13)6-5(7(10)11)2-4(9)3-12-6;1-2/h2-3,7H,1H3;1-2H3. The van der Waals surface area contributed by atoms with Gasteiger partial charge in [0.25, 0.3) is 0 Å². The highest BCUT2D eigenvalue weighted by molar-refractivity contribution is 9.24. The van der Waals surface area contributed by atoms with Crippen molar-refractivity contribution in [2.24, 2.45) is 0 Å². The minimum atomic E-state index is -0.448. The van der Waals surface area contributed by atoms with Gasteiger partial charge in [0.1, 0.15) is 0 Å². The Bertz CT molecular complexity index is 356. The van der Waals surface area contributed by atoms with E-state index in [1.54, 1.807) is 12.3 Å². The number of methoxy groups -OCH3 is 1. The maximum Gasteiger partial charge on any atom is 0.357 e. The van der Waals surface area contributed by atoms with Crippen molar-refractivity contribution in [3.8, 4) is 0 Å². The Kier molecular flexibility index (Phi) is 8.23. The fourth-order valence-corrected chi connectivity index (χ4v) is 1.94. The second-order valence-corrected chi connectivity index (χ2v) is 6.36. The van der Waals surface area contributed by atoms with Crippen LogP contribution in [0.1, 0.15) is 33.6 Å². The Morgan fingerprint density at radius 3 is 2.44 bits per heavy atom. The molecular weight excluding hydrogens is 406 g/mol. The molecule has 0 aliphatic carbocycles. The van der Waals surface area contributed by atoms with Gasteiger partial charge in [-0.15, -0.1) is 0 Å². The highest BCUT2D eigenvalue weighted by Crippen LogP contribution is 2.32. The Morgan fingerprint density at radius 1 is 1.44 bits per heavy atom. The van der Waals surface area contributed by atoms with Gasteiger partial charge in [-0.25, -0.2) is 9.78 Å². The summed E-state index contributed by atoms with van der Waals surface area (Å²) in [5.74, 6) is -0.448. The van der Waals surface area contributed by atoms with Crippen molar-refractivity contribution in [3.05, 3.63) is 28.0 Å². The molecule has 0 aliphatic heterocycles. The van der Waals surface area contributed by atoms with Crippen LogP contribution in [-0.4, -0.2) is 18.1 Å². The molecule has 90 valence electrons. The fraction of sp³-hybridized carbons (Fsp3) is 0.400. The van der Waals surface area contributed by atoms with E-state index < -0.39 is 5.97 Å². The van der Waals surface area contributed by atoms with Gasteiger partial charge < -0.3 is 4.74 Å². The Hall–Kier alpha value is 0.0600. The molecule has 0 spiro atoms. The number of pyridine rings is 1. The molecule has 6 heteroatoms. The van der Waals surface area contributed by atoms with E-state index >= 15 is 0 Å². The second kappa shape index (κ2) is 8.20. The number of esters is 1. The minimum Gasteiger partial charge on any atom is -0.464 e. The molecule has 0 aliphatic rings. The molecule has 1 aromatic heterocycles. The van der Waals surface area contributed by atoms with Gasteiger partial charge in [0.05, 0.1) is 10.8 Å². The van der Waals surface area contributed by atoms with Crippen molar-refractivity contribution in [2.75, 3.05) is 7.11 Å². The van der Waals surface area contributed by atoms with Crippen molar-refractivity contribution in [2.45, 2.75) is 17.6 Å². The topological polar surface area (TPSA) is 39.2 Å². The van der Waals surface area contributed by atoms with E-state index in [9.17, 15) is 4.79 Å². The van der Waals surface area contributed by atoms with Gasteiger partial charge in [-0.05, 0) is 22.0 Å². The first-order valence-electron chi connectivity index (χ1n) is 4.58. The van der Waals surface area contributed by atoms with E-state index in [1.807, 2.05) is 13.8 Å². The van der Waals surface area contributed by atoms with Crippen molar-refractivity contribution in [3.63, 3.8) is 0 Å². The molecular formula is C10H12Br3NO2. The zero-order valence-corrected chi connectivity index (χ0v) is 13.9. The van der Waals surface area contributed by atoms with Crippen molar-refractivity contribution in [1.82, 2.24) is 4.98 Å². The van der Waals surface area contributed by atoms with E-state index in [4.69, 9.17) is 0 Å². The molecule has 0 radical (unpaired) electrons. The number of nitrogens with zero attached hydrogens (tertiary/aromatic N) is 1. The van der Waals surface area contributed by atoms with Crippen LogP contribution in [0.4, 0.5) is 0 Å². The lowest BCUT2D eigenvalue weighted by molar-refractivity contribution is 0.0593. The number of carbonyl (C=O) groups excluding carboxylic acids is 1. The highest BCUT2D eigenvalue weighted by Gasteiger charge is 2.17. The zero-order chi connectivity index (χ0) is 12.7. The molecule has 0 amide bonds. The number of aromatic nitrogens is 1. The lowest BCUT2D eigenvalue weighted by Gasteiger charge is -2.07. The fourth-order valence-electron chi connectivity index (χ4n) is 0.889. The number of rotatable bonds is 2. The quantitative estimate of drug-likeness (QED) is 0.527. The molecule has 3 nitrogen and oxygen atoms in total. The SMILES string of the molecule is CC.COC(=O)c1ncc(Br)cc1C(Br)Br. The first kappa shape index (κ1) is 16.1. The van der Waals surface area contributed by atoms with E-state index in [0.29, 0.717) is 5.69 Å². The van der Waals surface area contributed by atoms with E-state index in [1.165, 1.54) is 7.11 Å². The second-order valence-electron chi connectivity index (χ2n) is 2.38. The lowest BCUT2D eigenvalue weighted by atomic mass is 10.2. The van der Waals surface area contributed by atoms with E-state index in [2.05, 4.69) is 57.5 Å². The summed E-state index contributed by atoms with van der Waals surface area (Å²) in [6, 6.07) is 1.80. The predicted molar refractivity (Wildman–Crippen MR) is 75.2 cm³/mol. The summed E-state index contributed by atoms with van der Waals surface area (Å²) in [6.07, 6.45) is 1.55. The summed E-state index contributed by atoms with van der Waals surface area (Å²) in [5, 5.41) is 0. The number of ether oxygens (including phenoxy) is 1. The molecule has 0 N–H and O–H groups in total. The average molecular weight is 418 g/mol. The summed E-state index contributed by atoms with van der Waals surface area (Å²) in [7, 11) is 1.33. The van der Waals surface area contributed by atoms with Crippen molar-refractivity contribution in [1.29, 1.82) is 0 Å². The molecule has 0 fully saturated rings. The van der Waals surface area contributed by atoms with Crippen LogP contribution >= 0.6 is 47.8 Å². The van der Waals surface area contributed by atoms with Crippen LogP contribution in [0.3, 0.4) is 0 Å². The summed E-state index contributed by atoms with van der Waals surface area (Å²) in [6.45, 7) is 4.00. The predicted octanol–water partition coefficient (Wildman–Crippen LogP) is 4.45. The highest BCUT2D eigenvalue weighted by atomic mass is 79.9. The first-order chi connectivity index (χ1) is 7.56. The molecule has 0 atom stereocenters. The largest absolute Gasteiger partial charge is 0.464 e. The van der Waals surface area contributed by atoms with E-state index in [-0.39, 0.29) is 3.74 Å². The summed E-state index contributed by atoms with van der Waals surface area (Å²) in [4.78, 5) is 15.3. The molecule has 1 aromatic rings. The third kappa shape index (κ3) is 4.51. The maximum absolute atomic E-state index is 11.3. The molecule has 0 saturated carbocycles. The Balaban J connectivity index is 0.00000106. The number of alkyl halides is 2. The number of hydrogen-bond acceptors (Lipinski definition) is 3. The lowest BCUT2D eigenvalue weighted by Crippen LogP contribution is -2.08. The Morgan fingerprint density at radius 2 is 2.00 bits per heavy atom. The van der Waals surface area contributed by atoms with E-state index in [0.717, 1.165) is 10.0 Å². The zero-order valence-electron chi connectivity index (χ0n) is 9.13. The third-order valence-electron chi connectivity index (χ3n) is 1.50. The molecule has 0 aromatic carbocycles. The summed E-state index contributed by atoms with van der Waals surface area (Å²) < 4.78 is 5.29. The van der Waals surface area contributed by atoms with Gasteiger partial charge in [0.2, 0.25) is 0 Å². The first-order valence-corrected chi connectivity index (χ1v) is 7.20. The minimum absolute atomic E-state index is 0.130. The van der Waals surface area contributed by atoms with Crippen LogP contribution in [0.25, 0.3) is 0 Å². The van der Waals surface area contributed by atoms with Crippen LogP contribution in [0.15, 0.2) is 16.7 Å². The van der Waals surface area contributed by atoms with Crippen LogP contribution in [0.2, 0.25) is 0 Å². The van der Waals surface area contributed by atoms with Crippen molar-refractivity contribution < 1.29 is 9.53 Å². The van der Waals surface area contributed by atoms with Gasteiger partial charge in [0.15, 0.2) is 5.69 Å². The number of halogens is 3. The van der Waals surface area contributed by atoms with Crippen LogP contribution < -0.4 is 0 Å². The number of hydrogen-bond donors (Lipinski definition) is 0. The normalized spacial score (nSPS) is 9.44. The molecule has 1 heterocycles. The summed E-state index contributed by atoms with van der Waals surface area (Å²) >= 11 is 9.91. The van der Waals surface area contributed by atoms with Gasteiger partial charge in [-0.3, -0.25) is 0 Å². The molecule has 0 unspecified atom stereocenters. The molecule has 0 bridgehead atoms. The van der Waals surface area contributed by atoms with Crippen LogP contribution in [0.5, 0.6) is 0 Å². The van der Waals surface area contributed by atoms with Gasteiger partial charge in [-0.1, -0.05) is 45.7 Å². The molecule has 16 heavy (non-hydrogen) atoms.